The number of esters is 1. The van der Waals surface area contributed by atoms with Gasteiger partial charge in [-0.15, -0.1) is 0 Å². The first-order chi connectivity index (χ1) is 19.6. The summed E-state index contributed by atoms with van der Waals surface area (Å²) in [5.74, 6) is -0.313. The number of aryl methyl sites for hydroxylation is 1. The predicted octanol–water partition coefficient (Wildman–Crippen LogP) is 4.66. The summed E-state index contributed by atoms with van der Waals surface area (Å²) in [6.45, 7) is 5.68. The second kappa shape index (κ2) is 15.3. The van der Waals surface area contributed by atoms with Crippen LogP contribution >= 0.6 is 15.9 Å². The Kier molecular flexibility index (Phi) is 11.9. The quantitative estimate of drug-likeness (QED) is 0.148. The predicted molar refractivity (Wildman–Crippen MR) is 158 cm³/mol. The van der Waals surface area contributed by atoms with E-state index in [4.69, 9.17) is 14.2 Å². The summed E-state index contributed by atoms with van der Waals surface area (Å²) in [5, 5.41) is 4.03. The van der Waals surface area contributed by atoms with E-state index < -0.39 is 27.9 Å². The number of carbonyl (C=O) groups excluding carboxylic acids is 2. The molecular weight excluding hydrogens is 614 g/mol. The van der Waals surface area contributed by atoms with Crippen molar-refractivity contribution in [2.75, 3.05) is 19.8 Å². The van der Waals surface area contributed by atoms with E-state index in [0.717, 1.165) is 5.56 Å². The van der Waals surface area contributed by atoms with Gasteiger partial charge in [0, 0.05) is 6.42 Å². The molecule has 2 N–H and O–H groups in total. The minimum absolute atomic E-state index is 0.104. The van der Waals surface area contributed by atoms with Crippen LogP contribution in [-0.2, 0) is 24.3 Å². The van der Waals surface area contributed by atoms with Crippen LogP contribution in [0.3, 0.4) is 0 Å². The molecule has 0 aromatic heterocycles. The third kappa shape index (κ3) is 9.69. The van der Waals surface area contributed by atoms with E-state index in [0.29, 0.717) is 33.7 Å². The molecule has 10 nitrogen and oxygen atoms in total. The van der Waals surface area contributed by atoms with Crippen molar-refractivity contribution in [1.29, 1.82) is 0 Å². The zero-order valence-corrected chi connectivity index (χ0v) is 25.3. The maximum atomic E-state index is 13.0. The smallest absolute Gasteiger partial charge is 0.344 e. The number of hydrogen-bond acceptors (Lipinski definition) is 8. The summed E-state index contributed by atoms with van der Waals surface area (Å²) in [7, 11) is -3.89. The monoisotopic (exact) mass is 645 g/mol. The highest BCUT2D eigenvalue weighted by Crippen LogP contribution is 2.36. The number of halogens is 1. The summed E-state index contributed by atoms with van der Waals surface area (Å²) >= 11 is 3.42. The molecule has 41 heavy (non-hydrogen) atoms. The van der Waals surface area contributed by atoms with Crippen LogP contribution in [0.15, 0.2) is 81.2 Å². The Bertz CT molecular complexity index is 1460. The van der Waals surface area contributed by atoms with E-state index in [9.17, 15) is 18.0 Å². The number of sulfonamides is 1. The zero-order chi connectivity index (χ0) is 29.8. The molecule has 1 atom stereocenters. The maximum absolute atomic E-state index is 13.0. The molecule has 3 aromatic rings. The van der Waals surface area contributed by atoms with E-state index in [1.54, 1.807) is 68.4 Å². The van der Waals surface area contributed by atoms with Crippen LogP contribution in [0.1, 0.15) is 43.0 Å². The molecular formula is C29H32BrN3O7S. The first-order valence-electron chi connectivity index (χ1n) is 12.8. The van der Waals surface area contributed by atoms with Gasteiger partial charge in [-0.25, -0.2) is 23.4 Å². The lowest BCUT2D eigenvalue weighted by atomic mass is 10.0. The van der Waals surface area contributed by atoms with E-state index in [1.165, 1.54) is 18.3 Å². The number of rotatable bonds is 14. The molecule has 0 unspecified atom stereocenters. The van der Waals surface area contributed by atoms with Crippen LogP contribution in [0.25, 0.3) is 0 Å². The largest absolute Gasteiger partial charge is 0.490 e. The van der Waals surface area contributed by atoms with E-state index in [-0.39, 0.29) is 24.5 Å². The molecule has 3 rings (SSSR count). The van der Waals surface area contributed by atoms with Crippen molar-refractivity contribution in [1.82, 2.24) is 10.1 Å². The van der Waals surface area contributed by atoms with Crippen molar-refractivity contribution in [2.24, 2.45) is 5.10 Å². The Morgan fingerprint density at radius 2 is 1.71 bits per heavy atom. The molecule has 12 heteroatoms. The first-order valence-corrected chi connectivity index (χ1v) is 15.1. The number of hydrogen-bond donors (Lipinski definition) is 2. The van der Waals surface area contributed by atoms with Crippen LogP contribution in [0.5, 0.6) is 11.5 Å². The van der Waals surface area contributed by atoms with Crippen LogP contribution in [0.4, 0.5) is 0 Å². The molecule has 0 spiro atoms. The fourth-order valence-electron chi connectivity index (χ4n) is 3.69. The molecule has 0 radical (unpaired) electrons. The fourth-order valence-corrected chi connectivity index (χ4v) is 5.49. The van der Waals surface area contributed by atoms with Gasteiger partial charge in [0.15, 0.2) is 18.1 Å². The average Bonchev–Trinajstić information content (AvgIpc) is 2.93. The molecule has 3 aromatic carbocycles. The number of carbonyl (C=O) groups is 2. The summed E-state index contributed by atoms with van der Waals surface area (Å²) in [4.78, 5) is 24.6. The maximum Gasteiger partial charge on any atom is 0.344 e. The van der Waals surface area contributed by atoms with Gasteiger partial charge in [0.05, 0.1) is 34.8 Å². The molecule has 1 amide bonds. The van der Waals surface area contributed by atoms with Gasteiger partial charge < -0.3 is 14.2 Å². The van der Waals surface area contributed by atoms with Crippen LogP contribution in [0.2, 0.25) is 0 Å². The Labute approximate surface area is 248 Å². The Balaban J connectivity index is 1.72. The van der Waals surface area contributed by atoms with Gasteiger partial charge in [0.1, 0.15) is 0 Å². The fraction of sp³-hybridized carbons (Fsp3) is 0.276. The molecule has 0 fully saturated rings. The minimum atomic E-state index is -3.89. The second-order valence-corrected chi connectivity index (χ2v) is 11.3. The SMILES string of the molecule is CCOC(=O)COc1c(Br)cc(/C=N\NC(=O)C[C@@H](NS(=O)(=O)c2ccc(C)cc2)c2ccccc2)cc1OCC. The van der Waals surface area contributed by atoms with E-state index >= 15 is 0 Å². The lowest BCUT2D eigenvalue weighted by Gasteiger charge is -2.18. The summed E-state index contributed by atoms with van der Waals surface area (Å²) in [5.41, 5.74) is 4.59. The lowest BCUT2D eigenvalue weighted by Crippen LogP contribution is -2.32. The number of nitrogens with one attached hydrogen (secondary N) is 2. The van der Waals surface area contributed by atoms with Crippen molar-refractivity contribution >= 4 is 44.0 Å². The van der Waals surface area contributed by atoms with Crippen molar-refractivity contribution in [3.8, 4) is 11.5 Å². The third-order valence-corrected chi connectivity index (χ3v) is 7.67. The normalized spacial score (nSPS) is 12.1. The highest BCUT2D eigenvalue weighted by molar-refractivity contribution is 9.10. The number of nitrogens with zero attached hydrogens (tertiary/aromatic N) is 1. The van der Waals surface area contributed by atoms with Crippen LogP contribution in [-0.4, -0.2) is 46.3 Å². The van der Waals surface area contributed by atoms with Gasteiger partial charge in [0.25, 0.3) is 0 Å². The van der Waals surface area contributed by atoms with Crippen molar-refractivity contribution in [3.63, 3.8) is 0 Å². The van der Waals surface area contributed by atoms with Crippen LogP contribution in [0, 0.1) is 6.92 Å². The van der Waals surface area contributed by atoms with Crippen molar-refractivity contribution in [2.45, 2.75) is 38.1 Å². The third-order valence-electron chi connectivity index (χ3n) is 5.59. The Hall–Kier alpha value is -3.74. The van der Waals surface area contributed by atoms with Gasteiger partial charge in [-0.1, -0.05) is 48.0 Å². The molecule has 0 aliphatic carbocycles. The number of benzene rings is 3. The van der Waals surface area contributed by atoms with E-state index in [1.807, 2.05) is 6.92 Å². The lowest BCUT2D eigenvalue weighted by molar-refractivity contribution is -0.145. The minimum Gasteiger partial charge on any atom is -0.490 e. The first kappa shape index (κ1) is 31.8. The molecule has 218 valence electrons. The zero-order valence-electron chi connectivity index (χ0n) is 22.9. The number of hydrazone groups is 1. The summed E-state index contributed by atoms with van der Waals surface area (Å²) < 4.78 is 45.4. The standard InChI is InChI=1S/C29H32BrN3O7S/c1-4-38-26-16-21(15-24(30)29(26)40-19-28(35)39-5-2)18-31-32-27(34)17-25(22-9-7-6-8-10-22)33-41(36,37)23-13-11-20(3)12-14-23/h6-16,18,25,33H,4-5,17,19H2,1-3H3,(H,32,34)/b31-18-/t25-/m1/s1. The molecule has 0 aliphatic heterocycles. The molecule has 0 heterocycles. The highest BCUT2D eigenvalue weighted by Gasteiger charge is 2.24. The average molecular weight is 647 g/mol. The van der Waals surface area contributed by atoms with Gasteiger partial charge in [0.2, 0.25) is 15.9 Å². The Morgan fingerprint density at radius 3 is 2.37 bits per heavy atom. The van der Waals surface area contributed by atoms with Gasteiger partial charge in [-0.3, -0.25) is 4.79 Å². The molecule has 0 saturated heterocycles. The van der Waals surface area contributed by atoms with Gasteiger partial charge >= 0.3 is 5.97 Å². The van der Waals surface area contributed by atoms with Crippen molar-refractivity contribution < 1.29 is 32.2 Å². The van der Waals surface area contributed by atoms with Gasteiger partial charge in [-0.2, -0.15) is 5.10 Å². The number of ether oxygens (including phenoxy) is 3. The van der Waals surface area contributed by atoms with Gasteiger partial charge in [-0.05, 0) is 72.1 Å². The topological polar surface area (TPSA) is 132 Å². The second-order valence-electron chi connectivity index (χ2n) is 8.75. The Morgan fingerprint density at radius 1 is 1.00 bits per heavy atom. The van der Waals surface area contributed by atoms with Crippen molar-refractivity contribution in [3.05, 3.63) is 87.9 Å². The molecule has 0 bridgehead atoms. The molecule has 0 aliphatic rings. The van der Waals surface area contributed by atoms with E-state index in [2.05, 4.69) is 31.2 Å². The summed E-state index contributed by atoms with van der Waals surface area (Å²) in [6.07, 6.45) is 1.22. The van der Waals surface area contributed by atoms with Crippen LogP contribution < -0.4 is 19.6 Å². The molecule has 0 saturated carbocycles. The summed E-state index contributed by atoms with van der Waals surface area (Å²) in [6, 6.07) is 17.8. The number of amides is 1. The highest BCUT2D eigenvalue weighted by atomic mass is 79.9.